The van der Waals surface area contributed by atoms with Crippen molar-refractivity contribution in [2.45, 2.75) is 32.5 Å². The van der Waals surface area contributed by atoms with Crippen LogP contribution in [0.3, 0.4) is 0 Å². The summed E-state index contributed by atoms with van der Waals surface area (Å²) in [7, 11) is 0. The van der Waals surface area contributed by atoms with Crippen LogP contribution in [-0.4, -0.2) is 10.1 Å². The van der Waals surface area contributed by atoms with Gasteiger partial charge in [-0.1, -0.05) is 19.9 Å². The minimum Gasteiger partial charge on any atom is -0.505 e. The Bertz CT molecular complexity index is 387. The number of aromatic nitrogens is 1. The third kappa shape index (κ3) is 1.63. The Morgan fingerprint density at radius 1 is 1.73 bits per heavy atom. The number of aromatic hydroxyl groups is 1. The van der Waals surface area contributed by atoms with Gasteiger partial charge in [0, 0.05) is 17.3 Å². The molecule has 80 valence electrons. The molecule has 0 aromatic carbocycles. The quantitative estimate of drug-likeness (QED) is 0.825. The second kappa shape index (κ2) is 4.03. The van der Waals surface area contributed by atoms with E-state index in [9.17, 15) is 5.11 Å². The summed E-state index contributed by atoms with van der Waals surface area (Å²) in [5, 5.41) is 9.88. The van der Waals surface area contributed by atoms with Crippen molar-refractivity contribution in [3.05, 3.63) is 29.6 Å². The van der Waals surface area contributed by atoms with Crippen molar-refractivity contribution in [1.82, 2.24) is 4.98 Å². The molecule has 0 spiro atoms. The summed E-state index contributed by atoms with van der Waals surface area (Å²) in [4.78, 5) is 4.15. The highest BCUT2D eigenvalue weighted by Gasteiger charge is 2.26. The molecule has 3 nitrogen and oxygen atoms in total. The largest absolute Gasteiger partial charge is 0.505 e. The summed E-state index contributed by atoms with van der Waals surface area (Å²) in [5.41, 5.74) is 2.44. The van der Waals surface area contributed by atoms with Crippen LogP contribution in [0.15, 0.2) is 12.8 Å². The molecule has 15 heavy (non-hydrogen) atoms. The van der Waals surface area contributed by atoms with Crippen LogP contribution >= 0.6 is 0 Å². The average molecular weight is 205 g/mol. The highest BCUT2D eigenvalue weighted by molar-refractivity contribution is 5.56. The van der Waals surface area contributed by atoms with Crippen LogP contribution in [0.2, 0.25) is 0 Å². The monoisotopic (exact) mass is 205 g/mol. The molecule has 2 rings (SSSR count). The van der Waals surface area contributed by atoms with Gasteiger partial charge in [-0.15, -0.1) is 0 Å². The fraction of sp³-hybridized carbons (Fsp3) is 0.417. The third-order valence-corrected chi connectivity index (χ3v) is 2.74. The number of hydrogen-bond donors (Lipinski definition) is 1. The van der Waals surface area contributed by atoms with Crippen LogP contribution in [0.5, 0.6) is 5.75 Å². The lowest BCUT2D eigenvalue weighted by atomic mass is 10.0. The van der Waals surface area contributed by atoms with Crippen LogP contribution in [0.25, 0.3) is 6.08 Å². The lowest BCUT2D eigenvalue weighted by Gasteiger charge is -2.09. The van der Waals surface area contributed by atoms with Gasteiger partial charge in [0.25, 0.3) is 0 Å². The maximum Gasteiger partial charge on any atom is 0.147 e. The first-order valence-corrected chi connectivity index (χ1v) is 5.22. The Morgan fingerprint density at radius 3 is 3.20 bits per heavy atom. The summed E-state index contributed by atoms with van der Waals surface area (Å²) in [5.74, 6) is 0.223. The highest BCUT2D eigenvalue weighted by Crippen LogP contribution is 2.39. The van der Waals surface area contributed by atoms with E-state index in [4.69, 9.17) is 4.74 Å². The van der Waals surface area contributed by atoms with Gasteiger partial charge in [0.2, 0.25) is 0 Å². The number of rotatable bonds is 3. The molecule has 2 heterocycles. The van der Waals surface area contributed by atoms with Gasteiger partial charge < -0.3 is 9.84 Å². The average Bonchev–Trinajstić information content (AvgIpc) is 2.64. The van der Waals surface area contributed by atoms with E-state index in [0.29, 0.717) is 12.3 Å². The number of hydrogen-bond acceptors (Lipinski definition) is 3. The zero-order valence-corrected chi connectivity index (χ0v) is 8.86. The van der Waals surface area contributed by atoms with Crippen LogP contribution in [0, 0.1) is 0 Å². The van der Waals surface area contributed by atoms with E-state index in [1.165, 1.54) is 0 Å². The van der Waals surface area contributed by atoms with Gasteiger partial charge >= 0.3 is 0 Å². The smallest absolute Gasteiger partial charge is 0.147 e. The first kappa shape index (κ1) is 10.2. The van der Waals surface area contributed by atoms with Crippen molar-refractivity contribution in [2.75, 3.05) is 0 Å². The number of pyridine rings is 1. The molecule has 0 amide bonds. The second-order valence-electron chi connectivity index (χ2n) is 3.72. The Balaban J connectivity index is 2.40. The fourth-order valence-electron chi connectivity index (χ4n) is 1.92. The SMILES string of the molecule is C=Cc1ncc2c(c1O)COC2CCC. The maximum atomic E-state index is 9.88. The first-order valence-electron chi connectivity index (χ1n) is 5.22. The van der Waals surface area contributed by atoms with Crippen molar-refractivity contribution in [3.8, 4) is 5.75 Å². The third-order valence-electron chi connectivity index (χ3n) is 2.74. The minimum absolute atomic E-state index is 0.0993. The molecular weight excluding hydrogens is 190 g/mol. The van der Waals surface area contributed by atoms with Crippen LogP contribution in [-0.2, 0) is 11.3 Å². The normalized spacial score (nSPS) is 18.9. The zero-order valence-electron chi connectivity index (χ0n) is 8.86. The van der Waals surface area contributed by atoms with Gasteiger partial charge in [-0.05, 0) is 12.5 Å². The Labute approximate surface area is 89.4 Å². The number of ether oxygens (including phenoxy) is 1. The van der Waals surface area contributed by atoms with E-state index in [1.54, 1.807) is 12.3 Å². The Morgan fingerprint density at radius 2 is 2.53 bits per heavy atom. The molecule has 1 aliphatic rings. The zero-order chi connectivity index (χ0) is 10.8. The van der Waals surface area contributed by atoms with E-state index >= 15 is 0 Å². The van der Waals surface area contributed by atoms with Gasteiger partial charge in [0.1, 0.15) is 11.4 Å². The molecule has 0 saturated carbocycles. The molecule has 1 aliphatic heterocycles. The highest BCUT2D eigenvalue weighted by atomic mass is 16.5. The van der Waals surface area contributed by atoms with Crippen molar-refractivity contribution in [2.24, 2.45) is 0 Å². The van der Waals surface area contributed by atoms with E-state index in [-0.39, 0.29) is 11.9 Å². The summed E-state index contributed by atoms with van der Waals surface area (Å²) < 4.78 is 5.61. The standard InChI is InChI=1S/C12H15NO2/c1-3-5-11-8-6-13-10(4-2)12(14)9(8)7-15-11/h4,6,11,14H,2-3,5,7H2,1H3. The molecule has 1 aromatic rings. The van der Waals surface area contributed by atoms with Crippen molar-refractivity contribution in [1.29, 1.82) is 0 Å². The molecule has 0 fully saturated rings. The van der Waals surface area contributed by atoms with Crippen LogP contribution in [0.1, 0.15) is 42.7 Å². The van der Waals surface area contributed by atoms with E-state index in [0.717, 1.165) is 24.0 Å². The molecule has 1 aromatic heterocycles. The molecule has 1 N–H and O–H groups in total. The lowest BCUT2D eigenvalue weighted by molar-refractivity contribution is 0.0591. The summed E-state index contributed by atoms with van der Waals surface area (Å²) >= 11 is 0. The fourth-order valence-corrected chi connectivity index (χ4v) is 1.92. The minimum atomic E-state index is 0.0993. The van der Waals surface area contributed by atoms with Crippen molar-refractivity contribution < 1.29 is 9.84 Å². The number of nitrogens with zero attached hydrogens (tertiary/aromatic N) is 1. The van der Waals surface area contributed by atoms with Gasteiger partial charge in [-0.25, -0.2) is 0 Å². The van der Waals surface area contributed by atoms with Gasteiger partial charge in [-0.3, -0.25) is 4.98 Å². The Hall–Kier alpha value is -1.35. The molecule has 3 heteroatoms. The van der Waals surface area contributed by atoms with E-state index in [1.807, 2.05) is 0 Å². The van der Waals surface area contributed by atoms with E-state index < -0.39 is 0 Å². The van der Waals surface area contributed by atoms with Gasteiger partial charge in [-0.2, -0.15) is 0 Å². The molecular formula is C12H15NO2. The molecule has 1 unspecified atom stereocenters. The summed E-state index contributed by atoms with van der Waals surface area (Å²) in [6, 6.07) is 0. The van der Waals surface area contributed by atoms with Crippen LogP contribution < -0.4 is 0 Å². The maximum absolute atomic E-state index is 9.88. The summed E-state index contributed by atoms with van der Waals surface area (Å²) in [6.45, 7) is 6.21. The van der Waals surface area contributed by atoms with Gasteiger partial charge in [0.15, 0.2) is 0 Å². The van der Waals surface area contributed by atoms with Crippen LogP contribution in [0.4, 0.5) is 0 Å². The molecule has 0 saturated heterocycles. The van der Waals surface area contributed by atoms with E-state index in [2.05, 4.69) is 18.5 Å². The topological polar surface area (TPSA) is 42.4 Å². The molecule has 1 atom stereocenters. The molecule has 0 aliphatic carbocycles. The summed E-state index contributed by atoms with van der Waals surface area (Å²) in [6.07, 6.45) is 5.49. The Kier molecular flexibility index (Phi) is 2.73. The predicted molar refractivity (Wildman–Crippen MR) is 58.4 cm³/mol. The lowest BCUT2D eigenvalue weighted by Crippen LogP contribution is -1.96. The van der Waals surface area contributed by atoms with Crippen molar-refractivity contribution in [3.63, 3.8) is 0 Å². The molecule has 0 bridgehead atoms. The van der Waals surface area contributed by atoms with Gasteiger partial charge in [0.05, 0.1) is 12.7 Å². The number of fused-ring (bicyclic) bond motifs is 1. The second-order valence-corrected chi connectivity index (χ2v) is 3.72. The molecule has 0 radical (unpaired) electrons. The van der Waals surface area contributed by atoms with Crippen molar-refractivity contribution >= 4 is 6.08 Å². The predicted octanol–water partition coefficient (Wildman–Crippen LogP) is 2.80. The first-order chi connectivity index (χ1) is 7.27.